The van der Waals surface area contributed by atoms with Crippen LogP contribution in [0.15, 0.2) is 22.7 Å². The van der Waals surface area contributed by atoms with Gasteiger partial charge in [-0.05, 0) is 30.5 Å². The maximum Gasteiger partial charge on any atom is 0.325 e. The lowest BCUT2D eigenvalue weighted by Crippen LogP contribution is -2.44. The molecule has 0 radical (unpaired) electrons. The number of benzene rings is 1. The number of nitrogens with zero attached hydrogens (tertiary/aromatic N) is 1. The van der Waals surface area contributed by atoms with E-state index in [-0.39, 0.29) is 18.5 Å². The number of carbonyl (C=O) groups is 2. The standard InChI is InChI=1S/C14H16BrN3O2/c15-11-7-10(16)4-3-9(11)8-18-12(19)14(17-13(18)20)5-1-2-6-14/h3-4,7H,1-2,5-6,8,16H2,(H,17,20). The zero-order valence-corrected chi connectivity index (χ0v) is 12.6. The van der Waals surface area contributed by atoms with Crippen LogP contribution in [0.3, 0.4) is 0 Å². The lowest BCUT2D eigenvalue weighted by molar-refractivity contribution is -0.131. The molecule has 1 aromatic carbocycles. The number of amides is 3. The van der Waals surface area contributed by atoms with Crippen LogP contribution in [-0.2, 0) is 11.3 Å². The first kappa shape index (κ1) is 13.4. The van der Waals surface area contributed by atoms with E-state index >= 15 is 0 Å². The number of imide groups is 1. The van der Waals surface area contributed by atoms with Crippen LogP contribution in [0.25, 0.3) is 0 Å². The van der Waals surface area contributed by atoms with Crippen molar-refractivity contribution < 1.29 is 9.59 Å². The minimum absolute atomic E-state index is 0.0938. The maximum absolute atomic E-state index is 12.5. The molecule has 1 heterocycles. The van der Waals surface area contributed by atoms with Gasteiger partial charge in [-0.1, -0.05) is 34.8 Å². The minimum Gasteiger partial charge on any atom is -0.399 e. The Morgan fingerprint density at radius 2 is 2.00 bits per heavy atom. The summed E-state index contributed by atoms with van der Waals surface area (Å²) in [5.74, 6) is -0.0938. The first-order chi connectivity index (χ1) is 9.52. The fraction of sp³-hybridized carbons (Fsp3) is 0.429. The summed E-state index contributed by atoms with van der Waals surface area (Å²) in [5.41, 5.74) is 6.57. The summed E-state index contributed by atoms with van der Waals surface area (Å²) in [5, 5.41) is 2.88. The average Bonchev–Trinajstić information content (AvgIpc) is 2.94. The van der Waals surface area contributed by atoms with Crippen molar-refractivity contribution in [3.05, 3.63) is 28.2 Å². The second-order valence-corrected chi connectivity index (χ2v) is 6.32. The Labute approximate surface area is 125 Å². The predicted molar refractivity (Wildman–Crippen MR) is 78.8 cm³/mol. The van der Waals surface area contributed by atoms with Crippen molar-refractivity contribution >= 4 is 33.6 Å². The number of urea groups is 1. The molecule has 106 valence electrons. The number of carbonyl (C=O) groups excluding carboxylic acids is 2. The summed E-state index contributed by atoms with van der Waals surface area (Å²) in [6.45, 7) is 0.271. The molecule has 1 aliphatic carbocycles. The quantitative estimate of drug-likeness (QED) is 0.642. The highest BCUT2D eigenvalue weighted by Crippen LogP contribution is 2.36. The zero-order chi connectivity index (χ0) is 14.3. The molecule has 0 unspecified atom stereocenters. The number of rotatable bonds is 2. The van der Waals surface area contributed by atoms with Crippen LogP contribution in [0.2, 0.25) is 0 Å². The van der Waals surface area contributed by atoms with Crippen LogP contribution in [0.1, 0.15) is 31.2 Å². The summed E-state index contributed by atoms with van der Waals surface area (Å²) in [4.78, 5) is 25.9. The molecule has 2 fully saturated rings. The predicted octanol–water partition coefficient (Wildman–Crippen LogP) is 2.40. The molecule has 0 atom stereocenters. The van der Waals surface area contributed by atoms with Gasteiger partial charge in [-0.2, -0.15) is 0 Å². The molecule has 5 nitrogen and oxygen atoms in total. The highest BCUT2D eigenvalue weighted by Gasteiger charge is 2.52. The fourth-order valence-corrected chi connectivity index (χ4v) is 3.52. The Morgan fingerprint density at radius 3 is 2.65 bits per heavy atom. The topological polar surface area (TPSA) is 75.4 Å². The van der Waals surface area contributed by atoms with Crippen LogP contribution >= 0.6 is 15.9 Å². The number of nitrogen functional groups attached to an aromatic ring is 1. The Hall–Kier alpha value is -1.56. The minimum atomic E-state index is -0.642. The lowest BCUT2D eigenvalue weighted by Gasteiger charge is -2.20. The van der Waals surface area contributed by atoms with Crippen molar-refractivity contribution in [2.24, 2.45) is 0 Å². The molecule has 1 aromatic rings. The Balaban J connectivity index is 1.84. The van der Waals surface area contributed by atoms with Crippen LogP contribution in [0.4, 0.5) is 10.5 Å². The van der Waals surface area contributed by atoms with E-state index in [0.29, 0.717) is 5.69 Å². The van der Waals surface area contributed by atoms with Crippen molar-refractivity contribution in [2.75, 3.05) is 5.73 Å². The Kier molecular flexibility index (Phi) is 3.20. The third-order valence-corrected chi connectivity index (χ3v) is 4.85. The summed E-state index contributed by atoms with van der Waals surface area (Å²) in [6, 6.07) is 5.09. The molecule has 1 spiro atoms. The van der Waals surface area contributed by atoms with E-state index in [1.807, 2.05) is 6.07 Å². The third kappa shape index (κ3) is 2.08. The Bertz CT molecular complexity index is 582. The molecule has 20 heavy (non-hydrogen) atoms. The SMILES string of the molecule is Nc1ccc(CN2C(=O)NC3(CCCC3)C2=O)c(Br)c1. The average molecular weight is 338 g/mol. The van der Waals surface area contributed by atoms with Gasteiger partial charge < -0.3 is 11.1 Å². The van der Waals surface area contributed by atoms with Crippen molar-refractivity contribution in [2.45, 2.75) is 37.8 Å². The second-order valence-electron chi connectivity index (χ2n) is 5.46. The van der Waals surface area contributed by atoms with Gasteiger partial charge in [0.15, 0.2) is 0 Å². The molecule has 0 bridgehead atoms. The lowest BCUT2D eigenvalue weighted by atomic mass is 9.98. The van der Waals surface area contributed by atoms with Crippen molar-refractivity contribution in [3.63, 3.8) is 0 Å². The van der Waals surface area contributed by atoms with Crippen molar-refractivity contribution in [1.29, 1.82) is 0 Å². The van der Waals surface area contributed by atoms with Gasteiger partial charge in [-0.15, -0.1) is 0 Å². The highest BCUT2D eigenvalue weighted by atomic mass is 79.9. The van der Waals surface area contributed by atoms with E-state index in [1.54, 1.807) is 12.1 Å². The molecule has 0 aromatic heterocycles. The molecule has 2 aliphatic rings. The second kappa shape index (κ2) is 4.77. The van der Waals surface area contributed by atoms with E-state index in [1.165, 1.54) is 4.90 Å². The summed E-state index contributed by atoms with van der Waals surface area (Å²) in [7, 11) is 0. The van der Waals surface area contributed by atoms with Gasteiger partial charge in [-0.3, -0.25) is 9.69 Å². The third-order valence-electron chi connectivity index (χ3n) is 4.11. The molecule has 6 heteroatoms. The maximum atomic E-state index is 12.5. The first-order valence-electron chi connectivity index (χ1n) is 6.70. The molecule has 1 saturated carbocycles. The van der Waals surface area contributed by atoms with Gasteiger partial charge in [-0.25, -0.2) is 4.79 Å². The number of nitrogens with two attached hydrogens (primary N) is 1. The van der Waals surface area contributed by atoms with Gasteiger partial charge in [0.05, 0.1) is 6.54 Å². The number of halogens is 1. The van der Waals surface area contributed by atoms with Crippen molar-refractivity contribution in [1.82, 2.24) is 10.2 Å². The normalized spacial score (nSPS) is 20.8. The smallest absolute Gasteiger partial charge is 0.325 e. The van der Waals surface area contributed by atoms with Crippen LogP contribution < -0.4 is 11.1 Å². The molecular formula is C14H16BrN3O2. The number of hydrogen-bond acceptors (Lipinski definition) is 3. The molecule has 1 saturated heterocycles. The Morgan fingerprint density at radius 1 is 1.30 bits per heavy atom. The van der Waals surface area contributed by atoms with Crippen molar-refractivity contribution in [3.8, 4) is 0 Å². The van der Waals surface area contributed by atoms with Crippen LogP contribution in [0.5, 0.6) is 0 Å². The number of hydrogen-bond donors (Lipinski definition) is 2. The first-order valence-corrected chi connectivity index (χ1v) is 7.49. The van der Waals surface area contributed by atoms with Gasteiger partial charge in [0.2, 0.25) is 0 Å². The van der Waals surface area contributed by atoms with E-state index in [4.69, 9.17) is 5.73 Å². The van der Waals surface area contributed by atoms with E-state index in [2.05, 4.69) is 21.2 Å². The van der Waals surface area contributed by atoms with Crippen LogP contribution in [0, 0.1) is 0 Å². The summed E-state index contributed by atoms with van der Waals surface area (Å²) < 4.78 is 0.811. The molecule has 3 N–H and O–H groups in total. The summed E-state index contributed by atoms with van der Waals surface area (Å²) in [6.07, 6.45) is 3.48. The molecule has 1 aliphatic heterocycles. The molecule has 3 rings (SSSR count). The fourth-order valence-electron chi connectivity index (χ4n) is 3.00. The van der Waals surface area contributed by atoms with Gasteiger partial charge in [0, 0.05) is 10.2 Å². The zero-order valence-electron chi connectivity index (χ0n) is 11.0. The van der Waals surface area contributed by atoms with Gasteiger partial charge >= 0.3 is 6.03 Å². The van der Waals surface area contributed by atoms with E-state index in [9.17, 15) is 9.59 Å². The van der Waals surface area contributed by atoms with E-state index < -0.39 is 5.54 Å². The molecular weight excluding hydrogens is 322 g/mol. The highest BCUT2D eigenvalue weighted by molar-refractivity contribution is 9.10. The largest absolute Gasteiger partial charge is 0.399 e. The van der Waals surface area contributed by atoms with Gasteiger partial charge in [0.1, 0.15) is 5.54 Å². The number of nitrogens with one attached hydrogen (secondary N) is 1. The van der Waals surface area contributed by atoms with E-state index in [0.717, 1.165) is 35.7 Å². The summed E-state index contributed by atoms with van der Waals surface area (Å²) >= 11 is 3.42. The number of anilines is 1. The monoisotopic (exact) mass is 337 g/mol. The van der Waals surface area contributed by atoms with Gasteiger partial charge in [0.25, 0.3) is 5.91 Å². The molecule has 3 amide bonds. The van der Waals surface area contributed by atoms with Crippen LogP contribution in [-0.4, -0.2) is 22.4 Å².